The van der Waals surface area contributed by atoms with Crippen LogP contribution in [-0.4, -0.2) is 47.7 Å². The van der Waals surface area contributed by atoms with Crippen LogP contribution in [0.2, 0.25) is 0 Å². The molecule has 5 rings (SSSR count). The van der Waals surface area contributed by atoms with Gasteiger partial charge in [-0.3, -0.25) is 14.9 Å². The van der Waals surface area contributed by atoms with E-state index in [1.165, 1.54) is 36.4 Å². The topological polar surface area (TPSA) is 105 Å². The first-order valence-corrected chi connectivity index (χ1v) is 10.6. The Morgan fingerprint density at radius 2 is 1.88 bits per heavy atom. The fraction of sp³-hybridized carbons (Fsp3) is 0.304. The van der Waals surface area contributed by atoms with Gasteiger partial charge >= 0.3 is 6.03 Å². The first-order valence-electron chi connectivity index (χ1n) is 10.6. The van der Waals surface area contributed by atoms with Crippen LogP contribution in [0.4, 0.5) is 13.6 Å². The van der Waals surface area contributed by atoms with Gasteiger partial charge in [-0.2, -0.15) is 0 Å². The van der Waals surface area contributed by atoms with Gasteiger partial charge in [-0.25, -0.2) is 13.6 Å². The lowest BCUT2D eigenvalue weighted by atomic mass is 9.90. The minimum absolute atomic E-state index is 0.0945. The van der Waals surface area contributed by atoms with Gasteiger partial charge in [0, 0.05) is 36.0 Å². The van der Waals surface area contributed by atoms with Crippen molar-refractivity contribution in [3.63, 3.8) is 0 Å². The summed E-state index contributed by atoms with van der Waals surface area (Å²) in [6.45, 7) is -0.0872. The number of halogens is 2. The number of fused-ring (bicyclic) bond motifs is 1. The van der Waals surface area contributed by atoms with Crippen molar-refractivity contribution in [3.8, 4) is 0 Å². The molecule has 2 saturated heterocycles. The molecule has 170 valence electrons. The van der Waals surface area contributed by atoms with Crippen LogP contribution in [0.25, 0.3) is 11.0 Å². The Kier molecular flexibility index (Phi) is 5.07. The number of hydrogen-bond donors (Lipinski definition) is 2. The van der Waals surface area contributed by atoms with Gasteiger partial charge < -0.3 is 14.7 Å². The van der Waals surface area contributed by atoms with Crippen molar-refractivity contribution in [1.82, 2.24) is 20.7 Å². The molecule has 4 amide bonds. The van der Waals surface area contributed by atoms with Crippen LogP contribution in [0.5, 0.6) is 0 Å². The second-order valence-electron chi connectivity index (χ2n) is 8.30. The van der Waals surface area contributed by atoms with Gasteiger partial charge in [-0.05, 0) is 42.7 Å². The Bertz CT molecular complexity index is 1250. The molecule has 1 atom stereocenters. The number of aromatic nitrogens is 1. The van der Waals surface area contributed by atoms with Crippen LogP contribution < -0.4 is 10.6 Å². The quantitative estimate of drug-likeness (QED) is 0.590. The third kappa shape index (κ3) is 3.51. The molecular formula is C23H20F2N4O4. The van der Waals surface area contributed by atoms with Crippen molar-refractivity contribution in [1.29, 1.82) is 0 Å². The molecule has 1 aromatic heterocycles. The van der Waals surface area contributed by atoms with Crippen LogP contribution in [0.15, 0.2) is 47.0 Å². The number of benzene rings is 2. The molecule has 2 aromatic carbocycles. The van der Waals surface area contributed by atoms with Crippen LogP contribution in [0, 0.1) is 5.82 Å². The lowest BCUT2D eigenvalue weighted by molar-refractivity contribution is -0.124. The highest BCUT2D eigenvalue weighted by Crippen LogP contribution is 2.33. The van der Waals surface area contributed by atoms with Gasteiger partial charge in [0.05, 0.1) is 5.69 Å². The molecule has 3 heterocycles. The summed E-state index contributed by atoms with van der Waals surface area (Å²) in [5, 5.41) is 9.27. The predicted octanol–water partition coefficient (Wildman–Crippen LogP) is 2.99. The zero-order valence-corrected chi connectivity index (χ0v) is 17.4. The Hall–Kier alpha value is -3.82. The van der Waals surface area contributed by atoms with E-state index in [0.29, 0.717) is 37.1 Å². The van der Waals surface area contributed by atoms with Crippen molar-refractivity contribution in [2.75, 3.05) is 19.8 Å². The highest BCUT2D eigenvalue weighted by molar-refractivity contribution is 6.07. The molecular weight excluding hydrogens is 434 g/mol. The van der Waals surface area contributed by atoms with Crippen molar-refractivity contribution >= 4 is 28.8 Å². The monoisotopic (exact) mass is 454 g/mol. The molecule has 1 unspecified atom stereocenters. The number of rotatable bonds is 4. The van der Waals surface area contributed by atoms with Gasteiger partial charge in [0.25, 0.3) is 11.8 Å². The van der Waals surface area contributed by atoms with E-state index in [2.05, 4.69) is 10.5 Å². The van der Waals surface area contributed by atoms with Crippen LogP contribution >= 0.6 is 0 Å². The molecule has 33 heavy (non-hydrogen) atoms. The molecule has 2 aliphatic heterocycles. The Labute approximate surface area is 186 Å². The lowest BCUT2D eigenvalue weighted by Gasteiger charge is -2.31. The molecule has 2 N–H and O–H groups in total. The number of piperidine rings is 1. The zero-order chi connectivity index (χ0) is 23.2. The minimum atomic E-state index is -1.78. The number of amides is 4. The lowest BCUT2D eigenvalue weighted by Crippen LogP contribution is -2.46. The van der Waals surface area contributed by atoms with E-state index in [9.17, 15) is 23.2 Å². The van der Waals surface area contributed by atoms with E-state index < -0.39 is 24.2 Å². The number of nitrogens with zero attached hydrogens (tertiary/aromatic N) is 2. The molecule has 3 aromatic rings. The number of alkyl halides is 1. The van der Waals surface area contributed by atoms with Crippen molar-refractivity contribution < 1.29 is 27.7 Å². The van der Waals surface area contributed by atoms with E-state index in [4.69, 9.17) is 4.52 Å². The second-order valence-corrected chi connectivity index (χ2v) is 8.30. The summed E-state index contributed by atoms with van der Waals surface area (Å²) in [6, 6.07) is 9.59. The van der Waals surface area contributed by atoms with Gasteiger partial charge in [0.1, 0.15) is 12.5 Å². The third-order valence-corrected chi connectivity index (χ3v) is 6.40. The summed E-state index contributed by atoms with van der Waals surface area (Å²) >= 11 is 0. The summed E-state index contributed by atoms with van der Waals surface area (Å²) in [6.07, 6.45) is 1.36. The van der Waals surface area contributed by atoms with E-state index in [0.717, 1.165) is 11.1 Å². The average Bonchev–Trinajstić information content (AvgIpc) is 3.38. The maximum Gasteiger partial charge on any atom is 0.322 e. The smallest absolute Gasteiger partial charge is 0.322 e. The summed E-state index contributed by atoms with van der Waals surface area (Å²) in [5.74, 6) is -1.23. The molecule has 0 saturated carbocycles. The highest BCUT2D eigenvalue weighted by atomic mass is 19.1. The fourth-order valence-electron chi connectivity index (χ4n) is 4.53. The van der Waals surface area contributed by atoms with Crippen molar-refractivity contribution in [3.05, 3.63) is 65.1 Å². The maximum absolute atomic E-state index is 13.7. The fourth-order valence-corrected chi connectivity index (χ4v) is 4.53. The number of carbonyl (C=O) groups excluding carboxylic acids is 3. The second kappa shape index (κ2) is 7.95. The number of nitrogens with one attached hydrogen (secondary N) is 2. The van der Waals surface area contributed by atoms with E-state index >= 15 is 0 Å². The van der Waals surface area contributed by atoms with Crippen LogP contribution in [0.1, 0.15) is 40.4 Å². The normalized spacial score (nSPS) is 21.3. The van der Waals surface area contributed by atoms with Gasteiger partial charge in [0.15, 0.2) is 11.1 Å². The zero-order valence-electron chi connectivity index (χ0n) is 17.4. The SMILES string of the molecule is O=C1NC(=O)C(CF)(c2ccc(C(=O)N3CCC(c4noc5cc(F)ccc45)CC3)cc2)N1. The van der Waals surface area contributed by atoms with Gasteiger partial charge in [-0.1, -0.05) is 17.3 Å². The molecule has 0 radical (unpaired) electrons. The van der Waals surface area contributed by atoms with E-state index in [1.807, 2.05) is 5.32 Å². The van der Waals surface area contributed by atoms with E-state index in [-0.39, 0.29) is 23.2 Å². The number of hydrogen-bond acceptors (Lipinski definition) is 5. The number of imide groups is 1. The van der Waals surface area contributed by atoms with Crippen LogP contribution in [0.3, 0.4) is 0 Å². The Morgan fingerprint density at radius 1 is 1.15 bits per heavy atom. The molecule has 0 bridgehead atoms. The summed E-state index contributed by atoms with van der Waals surface area (Å²) in [5.41, 5.74) is 0.0632. The standard InChI is InChI=1S/C23H20F2N4O4/c24-12-23(21(31)26-22(32)27-23)15-3-1-14(2-4-15)20(30)29-9-7-13(8-10-29)19-17-6-5-16(25)11-18(17)33-28-19/h1-6,11,13H,7-10,12H2,(H2,26,27,31,32). The Morgan fingerprint density at radius 3 is 2.52 bits per heavy atom. The van der Waals surface area contributed by atoms with Gasteiger partial charge in [0.2, 0.25) is 0 Å². The summed E-state index contributed by atoms with van der Waals surface area (Å²) in [4.78, 5) is 38.3. The summed E-state index contributed by atoms with van der Waals surface area (Å²) in [7, 11) is 0. The highest BCUT2D eigenvalue weighted by Gasteiger charge is 2.48. The molecule has 2 fully saturated rings. The number of urea groups is 1. The average molecular weight is 454 g/mol. The number of carbonyl (C=O) groups is 3. The van der Waals surface area contributed by atoms with E-state index in [1.54, 1.807) is 11.0 Å². The molecule has 8 nitrogen and oxygen atoms in total. The first-order chi connectivity index (χ1) is 15.9. The Balaban J connectivity index is 1.27. The molecule has 0 spiro atoms. The van der Waals surface area contributed by atoms with Gasteiger partial charge in [-0.15, -0.1) is 0 Å². The van der Waals surface area contributed by atoms with Crippen LogP contribution in [-0.2, 0) is 10.3 Å². The maximum atomic E-state index is 13.7. The third-order valence-electron chi connectivity index (χ3n) is 6.40. The van der Waals surface area contributed by atoms with Crippen molar-refractivity contribution in [2.24, 2.45) is 0 Å². The number of likely N-dealkylation sites (tertiary alicyclic amines) is 1. The van der Waals surface area contributed by atoms with Crippen molar-refractivity contribution in [2.45, 2.75) is 24.3 Å². The molecule has 2 aliphatic rings. The first kappa shape index (κ1) is 21.0. The molecule has 0 aliphatic carbocycles. The summed E-state index contributed by atoms with van der Waals surface area (Å²) < 4.78 is 32.4. The molecule has 10 heteroatoms. The largest absolute Gasteiger partial charge is 0.356 e. The predicted molar refractivity (Wildman–Crippen MR) is 113 cm³/mol. The minimum Gasteiger partial charge on any atom is -0.356 e.